The van der Waals surface area contributed by atoms with Crippen LogP contribution in [0.25, 0.3) is 0 Å². The van der Waals surface area contributed by atoms with Crippen LogP contribution in [0.2, 0.25) is 0 Å². The standard InChI is InChI=1S/C19H22F2N4/c1-13-18-7-4-15(14-2-5-16(20)6-3-14)12-24(18)8-9-25(13)19-22-10-17(21)11-23-19/h2-3,5-6,10-11,13,15,18H,4,7-9,12H2,1H3. The number of anilines is 1. The van der Waals surface area contributed by atoms with Gasteiger partial charge in [-0.25, -0.2) is 18.7 Å². The van der Waals surface area contributed by atoms with E-state index in [1.54, 1.807) is 12.1 Å². The summed E-state index contributed by atoms with van der Waals surface area (Å²) in [6.45, 7) is 4.97. The Balaban J connectivity index is 1.46. The minimum atomic E-state index is -0.408. The quantitative estimate of drug-likeness (QED) is 0.837. The highest BCUT2D eigenvalue weighted by Gasteiger charge is 2.38. The van der Waals surface area contributed by atoms with Crippen LogP contribution >= 0.6 is 0 Å². The molecule has 3 atom stereocenters. The number of hydrogen-bond donors (Lipinski definition) is 0. The minimum absolute atomic E-state index is 0.182. The van der Waals surface area contributed by atoms with Crippen molar-refractivity contribution in [3.05, 3.63) is 53.9 Å². The van der Waals surface area contributed by atoms with E-state index in [4.69, 9.17) is 0 Å². The Morgan fingerprint density at radius 3 is 2.40 bits per heavy atom. The van der Waals surface area contributed by atoms with E-state index in [1.165, 1.54) is 18.0 Å². The molecule has 3 heterocycles. The number of hydrogen-bond acceptors (Lipinski definition) is 4. The Labute approximate surface area is 146 Å². The van der Waals surface area contributed by atoms with E-state index in [2.05, 4.69) is 26.7 Å². The van der Waals surface area contributed by atoms with E-state index >= 15 is 0 Å². The van der Waals surface area contributed by atoms with Crippen molar-refractivity contribution in [3.63, 3.8) is 0 Å². The van der Waals surface area contributed by atoms with Gasteiger partial charge in [0.1, 0.15) is 5.82 Å². The van der Waals surface area contributed by atoms with Crippen molar-refractivity contribution in [2.45, 2.75) is 37.8 Å². The summed E-state index contributed by atoms with van der Waals surface area (Å²) in [4.78, 5) is 13.0. The fourth-order valence-corrected chi connectivity index (χ4v) is 4.26. The Morgan fingerprint density at radius 1 is 0.960 bits per heavy atom. The third kappa shape index (κ3) is 3.23. The molecule has 1 aromatic heterocycles. The fourth-order valence-electron chi connectivity index (χ4n) is 4.26. The molecule has 2 aromatic rings. The second-order valence-corrected chi connectivity index (χ2v) is 7.02. The first kappa shape index (κ1) is 16.4. The molecule has 132 valence electrons. The number of benzene rings is 1. The molecule has 0 bridgehead atoms. The third-order valence-corrected chi connectivity index (χ3v) is 5.62. The van der Waals surface area contributed by atoms with Crippen LogP contribution in [0.4, 0.5) is 14.7 Å². The summed E-state index contributed by atoms with van der Waals surface area (Å²) in [7, 11) is 0. The Morgan fingerprint density at radius 2 is 1.68 bits per heavy atom. The van der Waals surface area contributed by atoms with Gasteiger partial charge in [0, 0.05) is 31.7 Å². The van der Waals surface area contributed by atoms with Crippen LogP contribution in [-0.2, 0) is 0 Å². The average molecular weight is 344 g/mol. The summed E-state index contributed by atoms with van der Waals surface area (Å²) in [5, 5.41) is 0. The lowest BCUT2D eigenvalue weighted by molar-refractivity contribution is 0.0924. The van der Waals surface area contributed by atoms with Gasteiger partial charge < -0.3 is 4.90 Å². The molecule has 2 aliphatic rings. The molecule has 2 fully saturated rings. The number of rotatable bonds is 2. The van der Waals surface area contributed by atoms with E-state index in [-0.39, 0.29) is 11.9 Å². The van der Waals surface area contributed by atoms with Crippen molar-refractivity contribution >= 4 is 5.95 Å². The molecule has 25 heavy (non-hydrogen) atoms. The molecule has 0 spiro atoms. The number of nitrogens with zero attached hydrogens (tertiary/aromatic N) is 4. The van der Waals surface area contributed by atoms with Gasteiger partial charge in [0.15, 0.2) is 5.82 Å². The maximum atomic E-state index is 13.2. The molecular formula is C19H22F2N4. The molecular weight excluding hydrogens is 322 g/mol. The van der Waals surface area contributed by atoms with Gasteiger partial charge in [-0.3, -0.25) is 4.90 Å². The second kappa shape index (κ2) is 6.67. The lowest BCUT2D eigenvalue weighted by Gasteiger charge is -2.50. The molecule has 3 unspecified atom stereocenters. The van der Waals surface area contributed by atoms with Crippen LogP contribution in [0, 0.1) is 11.6 Å². The Kier molecular flexibility index (Phi) is 4.37. The number of aromatic nitrogens is 2. The van der Waals surface area contributed by atoms with Crippen LogP contribution in [0.5, 0.6) is 0 Å². The highest BCUT2D eigenvalue weighted by Crippen LogP contribution is 2.34. The average Bonchev–Trinajstić information content (AvgIpc) is 2.63. The van der Waals surface area contributed by atoms with Crippen LogP contribution in [-0.4, -0.2) is 46.6 Å². The summed E-state index contributed by atoms with van der Waals surface area (Å²) < 4.78 is 26.2. The zero-order valence-corrected chi connectivity index (χ0v) is 14.3. The summed E-state index contributed by atoms with van der Waals surface area (Å²) in [6.07, 6.45) is 4.63. The number of piperidine rings is 1. The molecule has 4 nitrogen and oxygen atoms in total. The minimum Gasteiger partial charge on any atom is -0.335 e. The Hall–Kier alpha value is -2.08. The van der Waals surface area contributed by atoms with Crippen LogP contribution in [0.15, 0.2) is 36.7 Å². The van der Waals surface area contributed by atoms with Gasteiger partial charge >= 0.3 is 0 Å². The van der Waals surface area contributed by atoms with Gasteiger partial charge in [0.25, 0.3) is 0 Å². The number of piperazine rings is 1. The van der Waals surface area contributed by atoms with Crippen LogP contribution < -0.4 is 4.90 Å². The van der Waals surface area contributed by atoms with E-state index in [0.717, 1.165) is 32.5 Å². The zero-order valence-electron chi connectivity index (χ0n) is 14.3. The van der Waals surface area contributed by atoms with Gasteiger partial charge in [-0.2, -0.15) is 0 Å². The van der Waals surface area contributed by atoms with Gasteiger partial charge in [-0.15, -0.1) is 0 Å². The fraction of sp³-hybridized carbons (Fsp3) is 0.474. The zero-order chi connectivity index (χ0) is 17.4. The number of fused-ring (bicyclic) bond motifs is 1. The monoisotopic (exact) mass is 344 g/mol. The van der Waals surface area contributed by atoms with Gasteiger partial charge in [0.2, 0.25) is 5.95 Å². The third-order valence-electron chi connectivity index (χ3n) is 5.62. The molecule has 4 rings (SSSR count). The molecule has 0 N–H and O–H groups in total. The van der Waals surface area contributed by atoms with E-state index in [9.17, 15) is 8.78 Å². The van der Waals surface area contributed by atoms with Crippen molar-refractivity contribution in [1.82, 2.24) is 14.9 Å². The van der Waals surface area contributed by atoms with Gasteiger partial charge in [-0.1, -0.05) is 12.1 Å². The first-order valence-corrected chi connectivity index (χ1v) is 8.85. The summed E-state index contributed by atoms with van der Waals surface area (Å²) in [5.41, 5.74) is 1.22. The van der Waals surface area contributed by atoms with E-state index in [0.29, 0.717) is 17.9 Å². The first-order valence-electron chi connectivity index (χ1n) is 8.85. The first-order chi connectivity index (χ1) is 12.1. The van der Waals surface area contributed by atoms with Crippen molar-refractivity contribution in [1.29, 1.82) is 0 Å². The topological polar surface area (TPSA) is 32.3 Å². The Bertz CT molecular complexity index is 719. The summed E-state index contributed by atoms with van der Waals surface area (Å²) in [6, 6.07) is 7.65. The highest BCUT2D eigenvalue weighted by atomic mass is 19.1. The second-order valence-electron chi connectivity index (χ2n) is 7.02. The molecule has 0 aliphatic carbocycles. The molecule has 0 saturated carbocycles. The number of halogens is 2. The maximum Gasteiger partial charge on any atom is 0.225 e. The van der Waals surface area contributed by atoms with Crippen LogP contribution in [0.3, 0.4) is 0 Å². The molecule has 2 aliphatic heterocycles. The van der Waals surface area contributed by atoms with Crippen molar-refractivity contribution in [2.24, 2.45) is 0 Å². The maximum absolute atomic E-state index is 13.2. The van der Waals surface area contributed by atoms with Crippen molar-refractivity contribution in [2.75, 3.05) is 24.5 Å². The smallest absolute Gasteiger partial charge is 0.225 e. The van der Waals surface area contributed by atoms with E-state index in [1.807, 2.05) is 12.1 Å². The summed E-state index contributed by atoms with van der Waals surface area (Å²) in [5.74, 6) is 0.473. The normalized spacial score (nSPS) is 27.2. The van der Waals surface area contributed by atoms with Gasteiger partial charge in [0.05, 0.1) is 12.4 Å². The lowest BCUT2D eigenvalue weighted by Crippen LogP contribution is -2.61. The highest BCUT2D eigenvalue weighted by molar-refractivity contribution is 5.33. The predicted octanol–water partition coefficient (Wildman–Crippen LogP) is 3.21. The molecule has 6 heteroatoms. The van der Waals surface area contributed by atoms with Crippen molar-refractivity contribution in [3.8, 4) is 0 Å². The molecule has 0 radical (unpaired) electrons. The van der Waals surface area contributed by atoms with Crippen LogP contribution in [0.1, 0.15) is 31.2 Å². The largest absolute Gasteiger partial charge is 0.335 e. The lowest BCUT2D eigenvalue weighted by atomic mass is 9.84. The summed E-state index contributed by atoms with van der Waals surface area (Å²) >= 11 is 0. The van der Waals surface area contributed by atoms with E-state index < -0.39 is 5.82 Å². The predicted molar refractivity (Wildman–Crippen MR) is 92.5 cm³/mol. The molecule has 2 saturated heterocycles. The van der Waals surface area contributed by atoms with Gasteiger partial charge in [-0.05, 0) is 43.4 Å². The SMILES string of the molecule is CC1C2CCC(c3ccc(F)cc3)CN2CCN1c1ncc(F)cn1. The molecule has 1 aromatic carbocycles. The van der Waals surface area contributed by atoms with Crippen molar-refractivity contribution < 1.29 is 8.78 Å². The molecule has 0 amide bonds.